The Bertz CT molecular complexity index is 559. The van der Waals surface area contributed by atoms with Crippen LogP contribution in [-0.4, -0.2) is 24.0 Å². The normalized spacial score (nSPS) is 13.8. The van der Waals surface area contributed by atoms with E-state index in [2.05, 4.69) is 16.0 Å². The quantitative estimate of drug-likeness (QED) is 0.742. The molecule has 0 unspecified atom stereocenters. The number of amides is 3. The number of hydrogen-bond acceptors (Lipinski definition) is 2. The Morgan fingerprint density at radius 2 is 1.67 bits per heavy atom. The molecule has 1 aromatic rings. The van der Waals surface area contributed by atoms with Crippen LogP contribution in [0.5, 0.6) is 0 Å². The van der Waals surface area contributed by atoms with E-state index in [1.54, 1.807) is 6.92 Å². The highest BCUT2D eigenvalue weighted by Crippen LogP contribution is 2.28. The van der Waals surface area contributed by atoms with Crippen LogP contribution in [-0.2, 0) is 17.5 Å². The Hall–Kier alpha value is -2.25. The molecule has 3 N–H and O–H groups in total. The van der Waals surface area contributed by atoms with Gasteiger partial charge < -0.3 is 16.0 Å². The minimum absolute atomic E-state index is 0.0111. The zero-order valence-electron chi connectivity index (χ0n) is 13.8. The number of hydrogen-bond donors (Lipinski definition) is 3. The maximum Gasteiger partial charge on any atom is 0.416 e. The van der Waals surface area contributed by atoms with Crippen molar-refractivity contribution in [2.24, 2.45) is 0 Å². The van der Waals surface area contributed by atoms with Gasteiger partial charge in [-0.1, -0.05) is 19.1 Å². The summed E-state index contributed by atoms with van der Waals surface area (Å²) in [7, 11) is 0. The van der Waals surface area contributed by atoms with Gasteiger partial charge in [-0.2, -0.15) is 13.2 Å². The lowest BCUT2D eigenvalue weighted by Crippen LogP contribution is -2.49. The van der Waals surface area contributed by atoms with Crippen molar-refractivity contribution in [1.82, 2.24) is 16.0 Å². The number of alkyl halides is 3. The van der Waals surface area contributed by atoms with Crippen LogP contribution < -0.4 is 16.0 Å². The lowest BCUT2D eigenvalue weighted by molar-refractivity contribution is -0.137. The fourth-order valence-electron chi connectivity index (χ4n) is 1.78. The smallest absolute Gasteiger partial charge is 0.352 e. The van der Waals surface area contributed by atoms with E-state index in [9.17, 15) is 22.8 Å². The molecule has 1 aromatic carbocycles. The highest BCUT2D eigenvalue weighted by molar-refractivity contribution is 5.86. The van der Waals surface area contributed by atoms with Gasteiger partial charge in [-0.05, 0) is 38.0 Å². The van der Waals surface area contributed by atoms with Crippen molar-refractivity contribution < 1.29 is 22.8 Å². The van der Waals surface area contributed by atoms with Gasteiger partial charge in [0.1, 0.15) is 6.04 Å². The summed E-state index contributed by atoms with van der Waals surface area (Å²) in [4.78, 5) is 23.5. The maximum absolute atomic E-state index is 12.5. The molecule has 0 saturated heterocycles. The highest BCUT2D eigenvalue weighted by atomic mass is 19.4. The van der Waals surface area contributed by atoms with Gasteiger partial charge >= 0.3 is 12.2 Å². The second kappa shape index (κ2) is 8.56. The van der Waals surface area contributed by atoms with Crippen LogP contribution >= 0.6 is 0 Å². The van der Waals surface area contributed by atoms with Crippen molar-refractivity contribution >= 4 is 11.9 Å². The molecule has 0 radical (unpaired) electrons. The summed E-state index contributed by atoms with van der Waals surface area (Å²) in [6, 6.07) is 3.23. The van der Waals surface area contributed by atoms with Crippen LogP contribution in [0, 0.1) is 0 Å². The fourth-order valence-corrected chi connectivity index (χ4v) is 1.78. The number of benzene rings is 1. The topological polar surface area (TPSA) is 70.2 Å². The molecule has 0 fully saturated rings. The van der Waals surface area contributed by atoms with Crippen molar-refractivity contribution in [3.05, 3.63) is 35.4 Å². The molecule has 3 amide bonds. The second-order valence-corrected chi connectivity index (χ2v) is 5.56. The van der Waals surface area contributed by atoms with Crippen molar-refractivity contribution in [2.45, 2.75) is 52.0 Å². The van der Waals surface area contributed by atoms with Gasteiger partial charge in [-0.15, -0.1) is 0 Å². The molecule has 0 aliphatic heterocycles. The third-order valence-corrected chi connectivity index (χ3v) is 3.48. The Morgan fingerprint density at radius 3 is 2.17 bits per heavy atom. The Kier molecular flexibility index (Phi) is 7.06. The van der Waals surface area contributed by atoms with Crippen molar-refractivity contribution in [3.63, 3.8) is 0 Å². The number of rotatable bonds is 6. The second-order valence-electron chi connectivity index (χ2n) is 5.56. The third-order valence-electron chi connectivity index (χ3n) is 3.48. The summed E-state index contributed by atoms with van der Waals surface area (Å²) in [5, 5.41) is 7.71. The van der Waals surface area contributed by atoms with Gasteiger partial charge in [0, 0.05) is 12.6 Å². The summed E-state index contributed by atoms with van der Waals surface area (Å²) in [6.45, 7) is 5.40. The largest absolute Gasteiger partial charge is 0.416 e. The number of urea groups is 1. The molecule has 0 aliphatic rings. The first-order valence-corrected chi connectivity index (χ1v) is 7.64. The first kappa shape index (κ1) is 19.8. The molecule has 8 heteroatoms. The van der Waals surface area contributed by atoms with Crippen LogP contribution in [0.15, 0.2) is 24.3 Å². The minimum Gasteiger partial charge on any atom is -0.352 e. The van der Waals surface area contributed by atoms with Crippen LogP contribution in [0.25, 0.3) is 0 Å². The van der Waals surface area contributed by atoms with Crippen molar-refractivity contribution in [3.8, 4) is 0 Å². The van der Waals surface area contributed by atoms with E-state index in [0.717, 1.165) is 18.6 Å². The van der Waals surface area contributed by atoms with Crippen molar-refractivity contribution in [2.75, 3.05) is 0 Å². The third kappa shape index (κ3) is 6.47. The lowest BCUT2D eigenvalue weighted by atomic mass is 10.1. The summed E-state index contributed by atoms with van der Waals surface area (Å²) < 4.78 is 37.4. The molecule has 0 aromatic heterocycles. The van der Waals surface area contributed by atoms with Crippen LogP contribution in [0.1, 0.15) is 38.3 Å². The summed E-state index contributed by atoms with van der Waals surface area (Å²) in [5.74, 6) is -0.297. The summed E-state index contributed by atoms with van der Waals surface area (Å²) in [5.41, 5.74) is -0.221. The molecule has 1 rings (SSSR count). The number of halogens is 3. The monoisotopic (exact) mass is 345 g/mol. The molecular weight excluding hydrogens is 323 g/mol. The molecule has 0 saturated carbocycles. The van der Waals surface area contributed by atoms with Gasteiger partial charge in [0.25, 0.3) is 0 Å². The Balaban J connectivity index is 2.44. The zero-order valence-corrected chi connectivity index (χ0v) is 13.8. The van der Waals surface area contributed by atoms with E-state index in [1.807, 2.05) is 13.8 Å². The molecule has 134 valence electrons. The molecule has 0 spiro atoms. The van der Waals surface area contributed by atoms with Gasteiger partial charge in [-0.3, -0.25) is 4.79 Å². The number of nitrogens with one attached hydrogen (secondary N) is 3. The first-order chi connectivity index (χ1) is 11.1. The predicted octanol–water partition coefficient (Wildman–Crippen LogP) is 2.81. The van der Waals surface area contributed by atoms with Crippen LogP contribution in [0.4, 0.5) is 18.0 Å². The molecule has 24 heavy (non-hydrogen) atoms. The summed E-state index contributed by atoms with van der Waals surface area (Å²) in [6.07, 6.45) is -3.61. The molecular formula is C16H22F3N3O2. The molecule has 0 bridgehead atoms. The van der Waals surface area contributed by atoms with Crippen LogP contribution in [0.3, 0.4) is 0 Å². The van der Waals surface area contributed by atoms with E-state index in [4.69, 9.17) is 0 Å². The van der Waals surface area contributed by atoms with Gasteiger partial charge in [-0.25, -0.2) is 4.79 Å². The van der Waals surface area contributed by atoms with E-state index < -0.39 is 23.8 Å². The first-order valence-electron chi connectivity index (χ1n) is 7.64. The molecule has 5 nitrogen and oxygen atoms in total. The highest BCUT2D eigenvalue weighted by Gasteiger charge is 2.29. The SMILES string of the molecule is CC[C@@H](C)NC(=O)[C@@H](C)NC(=O)NCc1ccc(C(F)(F)F)cc1. The predicted molar refractivity (Wildman–Crippen MR) is 84.2 cm³/mol. The lowest BCUT2D eigenvalue weighted by Gasteiger charge is -2.17. The Morgan fingerprint density at radius 1 is 1.08 bits per heavy atom. The average molecular weight is 345 g/mol. The van der Waals surface area contributed by atoms with Crippen LogP contribution in [0.2, 0.25) is 0 Å². The molecule has 0 heterocycles. The van der Waals surface area contributed by atoms with Gasteiger partial charge in [0.05, 0.1) is 5.56 Å². The van der Waals surface area contributed by atoms with E-state index in [1.165, 1.54) is 12.1 Å². The van der Waals surface area contributed by atoms with Gasteiger partial charge in [0.2, 0.25) is 5.91 Å². The zero-order chi connectivity index (χ0) is 18.3. The molecule has 0 aliphatic carbocycles. The maximum atomic E-state index is 12.5. The van der Waals surface area contributed by atoms with Crippen molar-refractivity contribution in [1.29, 1.82) is 0 Å². The Labute approximate surface area is 139 Å². The van der Waals surface area contributed by atoms with E-state index in [-0.39, 0.29) is 18.5 Å². The van der Waals surface area contributed by atoms with Gasteiger partial charge in [0.15, 0.2) is 0 Å². The molecule has 2 atom stereocenters. The number of carbonyl (C=O) groups is 2. The van der Waals surface area contributed by atoms with E-state index in [0.29, 0.717) is 5.56 Å². The minimum atomic E-state index is -4.39. The van der Waals surface area contributed by atoms with E-state index >= 15 is 0 Å². The fraction of sp³-hybridized carbons (Fsp3) is 0.500. The standard InChI is InChI=1S/C16H22F3N3O2/c1-4-10(2)21-14(23)11(3)22-15(24)20-9-12-5-7-13(8-6-12)16(17,18)19/h5-8,10-11H,4,9H2,1-3H3,(H,21,23)(H2,20,22,24)/t10-,11-/m1/s1. The number of carbonyl (C=O) groups excluding carboxylic acids is 2. The average Bonchev–Trinajstić information content (AvgIpc) is 2.52. The summed E-state index contributed by atoms with van der Waals surface area (Å²) >= 11 is 0.